The van der Waals surface area contributed by atoms with Gasteiger partial charge in [0.25, 0.3) is 0 Å². The van der Waals surface area contributed by atoms with Crippen molar-refractivity contribution in [1.82, 2.24) is 15.2 Å². The zero-order valence-corrected chi connectivity index (χ0v) is 17.9. The van der Waals surface area contributed by atoms with E-state index in [2.05, 4.69) is 52.1 Å². The number of anilines is 1. The zero-order chi connectivity index (χ0) is 20.8. The molecule has 3 aromatic rings. The van der Waals surface area contributed by atoms with Crippen LogP contribution in [0, 0.1) is 20.8 Å². The van der Waals surface area contributed by atoms with Crippen molar-refractivity contribution in [2.75, 3.05) is 12.4 Å². The Morgan fingerprint density at radius 2 is 1.93 bits per heavy atom. The first-order valence-electron chi connectivity index (χ1n) is 9.30. The molecule has 0 radical (unpaired) electrons. The lowest BCUT2D eigenvalue weighted by atomic mass is 10.1. The Kier molecular flexibility index (Phi) is 6.61. The molecule has 2 N–H and O–H groups in total. The molecule has 1 heterocycles. The molecule has 0 amide bonds. The van der Waals surface area contributed by atoms with Gasteiger partial charge in [-0.3, -0.25) is 10.1 Å². The van der Waals surface area contributed by atoms with E-state index in [1.807, 2.05) is 42.8 Å². The molecule has 1 aromatic heterocycles. The summed E-state index contributed by atoms with van der Waals surface area (Å²) in [6, 6.07) is 16.0. The molecule has 0 aliphatic rings. The lowest BCUT2D eigenvalue weighted by Crippen LogP contribution is -2.23. The van der Waals surface area contributed by atoms with Crippen LogP contribution in [0.2, 0.25) is 0 Å². The molecule has 2 aromatic carbocycles. The molecule has 150 valence electrons. The van der Waals surface area contributed by atoms with E-state index in [1.54, 1.807) is 13.3 Å². The Hall–Kier alpha value is -3.19. The summed E-state index contributed by atoms with van der Waals surface area (Å²) in [6.45, 7) is 6.83. The SMILES string of the molecule is COc1cccc(NC(=S)N/N=C/c2c(C)nn(Cc3ccc(C)cc3)c2C)c1. The lowest BCUT2D eigenvalue weighted by molar-refractivity contribution is 0.415. The Labute approximate surface area is 176 Å². The van der Waals surface area contributed by atoms with Crippen LogP contribution >= 0.6 is 12.2 Å². The third-order valence-corrected chi connectivity index (χ3v) is 4.77. The lowest BCUT2D eigenvalue weighted by Gasteiger charge is -2.08. The third-order valence-electron chi connectivity index (χ3n) is 4.58. The van der Waals surface area contributed by atoms with Crippen molar-refractivity contribution in [2.24, 2.45) is 5.10 Å². The first-order chi connectivity index (χ1) is 14.0. The number of hydrazone groups is 1. The molecular formula is C22H25N5OS. The predicted molar refractivity (Wildman–Crippen MR) is 122 cm³/mol. The van der Waals surface area contributed by atoms with Gasteiger partial charge in [0.1, 0.15) is 5.75 Å². The number of hydrogen-bond acceptors (Lipinski definition) is 4. The number of thiocarbonyl (C=S) groups is 1. The highest BCUT2D eigenvalue weighted by Gasteiger charge is 2.10. The molecule has 0 atom stereocenters. The minimum Gasteiger partial charge on any atom is -0.497 e. The van der Waals surface area contributed by atoms with Gasteiger partial charge < -0.3 is 10.1 Å². The van der Waals surface area contributed by atoms with E-state index in [9.17, 15) is 0 Å². The number of nitrogens with zero attached hydrogens (tertiary/aromatic N) is 3. The molecule has 29 heavy (non-hydrogen) atoms. The number of hydrogen-bond donors (Lipinski definition) is 2. The first kappa shape index (κ1) is 20.5. The van der Waals surface area contributed by atoms with Crippen molar-refractivity contribution in [1.29, 1.82) is 0 Å². The van der Waals surface area contributed by atoms with Crippen molar-refractivity contribution in [3.8, 4) is 5.75 Å². The molecule has 0 fully saturated rings. The number of aromatic nitrogens is 2. The first-order valence-corrected chi connectivity index (χ1v) is 9.70. The largest absolute Gasteiger partial charge is 0.497 e. The fourth-order valence-corrected chi connectivity index (χ4v) is 3.10. The van der Waals surface area contributed by atoms with Crippen LogP contribution in [0.3, 0.4) is 0 Å². The highest BCUT2D eigenvalue weighted by Crippen LogP contribution is 2.16. The van der Waals surface area contributed by atoms with Crippen LogP contribution in [0.15, 0.2) is 53.6 Å². The normalized spacial score (nSPS) is 10.9. The highest BCUT2D eigenvalue weighted by atomic mass is 32.1. The summed E-state index contributed by atoms with van der Waals surface area (Å²) in [5, 5.41) is 12.4. The van der Waals surface area contributed by atoms with Crippen LogP contribution in [0.1, 0.15) is 28.1 Å². The maximum atomic E-state index is 5.30. The van der Waals surface area contributed by atoms with Crippen molar-refractivity contribution < 1.29 is 4.74 Å². The Morgan fingerprint density at radius 3 is 2.66 bits per heavy atom. The quantitative estimate of drug-likeness (QED) is 0.365. The van der Waals surface area contributed by atoms with E-state index in [0.717, 1.165) is 34.9 Å². The molecule has 0 saturated carbocycles. The summed E-state index contributed by atoms with van der Waals surface area (Å²) in [7, 11) is 1.63. The van der Waals surface area contributed by atoms with Crippen LogP contribution in [0.25, 0.3) is 0 Å². The van der Waals surface area contributed by atoms with Gasteiger partial charge in [0.15, 0.2) is 5.11 Å². The molecule has 0 bridgehead atoms. The molecule has 3 rings (SSSR count). The number of ether oxygens (including phenoxy) is 1. The number of nitrogens with one attached hydrogen (secondary N) is 2. The standard InChI is InChI=1S/C22H25N5OS/c1-15-8-10-18(11-9-15)14-27-17(3)21(16(2)26-27)13-23-25-22(29)24-19-6-5-7-20(12-19)28-4/h5-13H,14H2,1-4H3,(H2,24,25,29)/b23-13+. The van der Waals surface area contributed by atoms with Crippen molar-refractivity contribution in [3.05, 3.63) is 76.6 Å². The van der Waals surface area contributed by atoms with Crippen LogP contribution in [0.4, 0.5) is 5.69 Å². The second-order valence-corrected chi connectivity index (χ2v) is 7.19. The number of benzene rings is 2. The van der Waals surface area contributed by atoms with E-state index in [4.69, 9.17) is 17.0 Å². The topological polar surface area (TPSA) is 63.5 Å². The zero-order valence-electron chi connectivity index (χ0n) is 17.1. The average Bonchev–Trinajstić information content (AvgIpc) is 2.97. The van der Waals surface area contributed by atoms with Gasteiger partial charge in [-0.1, -0.05) is 35.9 Å². The fourth-order valence-electron chi connectivity index (χ4n) is 2.93. The molecule has 0 aliphatic carbocycles. The number of methoxy groups -OCH3 is 1. The number of rotatable bonds is 6. The monoisotopic (exact) mass is 407 g/mol. The van der Waals surface area contributed by atoms with Crippen LogP contribution in [-0.2, 0) is 6.54 Å². The van der Waals surface area contributed by atoms with Crippen LogP contribution in [-0.4, -0.2) is 28.2 Å². The van der Waals surface area contributed by atoms with E-state index in [-0.39, 0.29) is 0 Å². The van der Waals surface area contributed by atoms with Gasteiger partial charge in [-0.2, -0.15) is 10.2 Å². The second kappa shape index (κ2) is 9.34. The maximum Gasteiger partial charge on any atom is 0.191 e. The minimum atomic E-state index is 0.400. The van der Waals surface area contributed by atoms with E-state index < -0.39 is 0 Å². The molecule has 0 spiro atoms. The summed E-state index contributed by atoms with van der Waals surface area (Å²) in [4.78, 5) is 0. The molecule has 7 heteroatoms. The Morgan fingerprint density at radius 1 is 1.17 bits per heavy atom. The summed E-state index contributed by atoms with van der Waals surface area (Å²) >= 11 is 5.30. The highest BCUT2D eigenvalue weighted by molar-refractivity contribution is 7.80. The van der Waals surface area contributed by atoms with Crippen molar-refractivity contribution in [3.63, 3.8) is 0 Å². The van der Waals surface area contributed by atoms with Gasteiger partial charge in [-0.25, -0.2) is 0 Å². The molecule has 0 unspecified atom stereocenters. The number of aryl methyl sites for hydroxylation is 2. The van der Waals surface area contributed by atoms with E-state index >= 15 is 0 Å². The van der Waals surface area contributed by atoms with Crippen molar-refractivity contribution >= 4 is 29.2 Å². The van der Waals surface area contributed by atoms with Crippen molar-refractivity contribution in [2.45, 2.75) is 27.3 Å². The smallest absolute Gasteiger partial charge is 0.191 e. The molecule has 0 aliphatic heterocycles. The van der Waals surface area contributed by atoms with Gasteiger partial charge in [-0.05, 0) is 50.7 Å². The van der Waals surface area contributed by atoms with E-state index in [0.29, 0.717) is 5.11 Å². The van der Waals surface area contributed by atoms with E-state index in [1.165, 1.54) is 11.1 Å². The third kappa shape index (κ3) is 5.42. The molecular weight excluding hydrogens is 382 g/mol. The van der Waals surface area contributed by atoms with Gasteiger partial charge in [0, 0.05) is 23.0 Å². The Balaban J connectivity index is 1.63. The maximum absolute atomic E-state index is 5.30. The van der Waals surface area contributed by atoms with Crippen LogP contribution in [0.5, 0.6) is 5.75 Å². The van der Waals surface area contributed by atoms with Gasteiger partial charge in [-0.15, -0.1) is 0 Å². The minimum absolute atomic E-state index is 0.400. The predicted octanol–water partition coefficient (Wildman–Crippen LogP) is 4.19. The molecule has 6 nitrogen and oxygen atoms in total. The molecule has 0 saturated heterocycles. The van der Waals surface area contributed by atoms with Gasteiger partial charge in [0.2, 0.25) is 0 Å². The summed E-state index contributed by atoms with van der Waals surface area (Å²) < 4.78 is 7.20. The summed E-state index contributed by atoms with van der Waals surface area (Å²) in [6.07, 6.45) is 1.75. The summed E-state index contributed by atoms with van der Waals surface area (Å²) in [5.74, 6) is 0.758. The van der Waals surface area contributed by atoms with Gasteiger partial charge >= 0.3 is 0 Å². The Bertz CT molecular complexity index is 1020. The second-order valence-electron chi connectivity index (χ2n) is 6.78. The fraction of sp³-hybridized carbons (Fsp3) is 0.227. The summed E-state index contributed by atoms with van der Waals surface area (Å²) in [5.41, 5.74) is 9.10. The van der Waals surface area contributed by atoms with Crippen LogP contribution < -0.4 is 15.5 Å². The van der Waals surface area contributed by atoms with Gasteiger partial charge in [0.05, 0.1) is 25.6 Å². The average molecular weight is 408 g/mol.